The van der Waals surface area contributed by atoms with Gasteiger partial charge in [-0.25, -0.2) is 0 Å². The number of furan rings is 2. The lowest BCUT2D eigenvalue weighted by Gasteiger charge is -2.11. The summed E-state index contributed by atoms with van der Waals surface area (Å²) < 4.78 is 12.9. The minimum Gasteiger partial charge on any atom is -0.454 e. The standard InChI is InChI=1S/C38H22N4O2/c1-2-7-33-30(5-1)35-37(43-33)28(12-17-41-35)25-19-26(21-27(20-25)32-6-3-4-14-40-32)29-13-18-42-36-31-22-24(23-10-15-39-16-11-23)8-9-34(31)44-38(29)36/h1-22H. The molecular weight excluding hydrogens is 544 g/mol. The van der Waals surface area contributed by atoms with Crippen LogP contribution in [0.25, 0.3) is 88.8 Å². The zero-order valence-electron chi connectivity index (χ0n) is 23.3. The number of benzene rings is 3. The van der Waals surface area contributed by atoms with Crippen molar-refractivity contribution < 1.29 is 8.83 Å². The zero-order chi connectivity index (χ0) is 29.0. The van der Waals surface area contributed by atoms with Crippen molar-refractivity contribution in [2.45, 2.75) is 0 Å². The van der Waals surface area contributed by atoms with Crippen LogP contribution in [0.3, 0.4) is 0 Å². The van der Waals surface area contributed by atoms with Gasteiger partial charge < -0.3 is 8.83 Å². The van der Waals surface area contributed by atoms with Crippen LogP contribution in [0.2, 0.25) is 0 Å². The molecule has 0 saturated heterocycles. The molecule has 0 amide bonds. The maximum Gasteiger partial charge on any atom is 0.161 e. The van der Waals surface area contributed by atoms with Gasteiger partial charge in [-0.2, -0.15) is 0 Å². The number of nitrogens with zero attached hydrogens (tertiary/aromatic N) is 4. The fraction of sp³-hybridized carbons (Fsp3) is 0. The highest BCUT2D eigenvalue weighted by atomic mass is 16.3. The molecule has 6 heteroatoms. The summed E-state index contributed by atoms with van der Waals surface area (Å²) in [6.45, 7) is 0. The first-order valence-electron chi connectivity index (χ1n) is 14.4. The van der Waals surface area contributed by atoms with Crippen molar-refractivity contribution in [3.63, 3.8) is 0 Å². The molecule has 3 aromatic carbocycles. The van der Waals surface area contributed by atoms with Gasteiger partial charge in [-0.05, 0) is 101 Å². The van der Waals surface area contributed by atoms with Crippen LogP contribution >= 0.6 is 0 Å². The molecule has 0 radical (unpaired) electrons. The Morgan fingerprint density at radius 3 is 1.80 bits per heavy atom. The van der Waals surface area contributed by atoms with Crippen LogP contribution in [0.4, 0.5) is 0 Å². The molecule has 0 atom stereocenters. The van der Waals surface area contributed by atoms with Crippen molar-refractivity contribution in [3.8, 4) is 44.6 Å². The molecule has 206 valence electrons. The first kappa shape index (κ1) is 24.5. The second kappa shape index (κ2) is 9.71. The summed E-state index contributed by atoms with van der Waals surface area (Å²) in [7, 11) is 0. The average molecular weight is 567 g/mol. The molecule has 0 N–H and O–H groups in total. The minimum absolute atomic E-state index is 0.738. The molecule has 6 heterocycles. The molecule has 0 aliphatic rings. The van der Waals surface area contributed by atoms with E-state index in [0.29, 0.717) is 0 Å². The smallest absolute Gasteiger partial charge is 0.161 e. The summed E-state index contributed by atoms with van der Waals surface area (Å²) in [4.78, 5) is 18.3. The van der Waals surface area contributed by atoms with E-state index >= 15 is 0 Å². The molecule has 44 heavy (non-hydrogen) atoms. The Balaban J connectivity index is 1.28. The normalized spacial score (nSPS) is 11.6. The van der Waals surface area contributed by atoms with Crippen molar-refractivity contribution in [3.05, 3.63) is 134 Å². The van der Waals surface area contributed by atoms with Crippen LogP contribution in [0.15, 0.2) is 143 Å². The predicted molar refractivity (Wildman–Crippen MR) is 174 cm³/mol. The Kier molecular flexibility index (Phi) is 5.40. The summed E-state index contributed by atoms with van der Waals surface area (Å²) in [6.07, 6.45) is 9.12. The van der Waals surface area contributed by atoms with Crippen LogP contribution in [-0.2, 0) is 0 Å². The average Bonchev–Trinajstić information content (AvgIpc) is 3.67. The summed E-state index contributed by atoms with van der Waals surface area (Å²) >= 11 is 0. The molecule has 0 bridgehead atoms. The molecule has 0 aliphatic carbocycles. The Bertz CT molecular complexity index is 2500. The van der Waals surface area contributed by atoms with Crippen LogP contribution in [-0.4, -0.2) is 19.9 Å². The van der Waals surface area contributed by atoms with Crippen molar-refractivity contribution in [2.75, 3.05) is 0 Å². The number of para-hydroxylation sites is 1. The van der Waals surface area contributed by atoms with Crippen molar-refractivity contribution in [2.24, 2.45) is 0 Å². The lowest BCUT2D eigenvalue weighted by Crippen LogP contribution is -1.89. The van der Waals surface area contributed by atoms with Crippen molar-refractivity contribution in [1.29, 1.82) is 0 Å². The minimum atomic E-state index is 0.738. The Hall–Kier alpha value is -6.14. The molecule has 0 saturated carbocycles. The highest BCUT2D eigenvalue weighted by Gasteiger charge is 2.18. The summed E-state index contributed by atoms with van der Waals surface area (Å²) in [5, 5.41) is 1.96. The Morgan fingerprint density at radius 1 is 0.409 bits per heavy atom. The van der Waals surface area contributed by atoms with Gasteiger partial charge in [0.15, 0.2) is 11.2 Å². The second-order valence-corrected chi connectivity index (χ2v) is 10.7. The van der Waals surface area contributed by atoms with Gasteiger partial charge in [0.2, 0.25) is 0 Å². The second-order valence-electron chi connectivity index (χ2n) is 10.7. The van der Waals surface area contributed by atoms with Crippen LogP contribution < -0.4 is 0 Å². The third-order valence-corrected chi connectivity index (χ3v) is 8.14. The SMILES string of the molecule is c1ccc(-c2cc(-c3ccnc4c3oc3ccccc34)cc(-c3ccnc4c3oc3ccc(-c5ccncc5)cc34)c2)nc1. The highest BCUT2D eigenvalue weighted by Crippen LogP contribution is 2.41. The number of rotatable bonds is 4. The van der Waals surface area contributed by atoms with Crippen LogP contribution in [0.1, 0.15) is 0 Å². The van der Waals surface area contributed by atoms with E-state index in [2.05, 4.69) is 45.3 Å². The van der Waals surface area contributed by atoms with Crippen molar-refractivity contribution >= 4 is 44.1 Å². The predicted octanol–water partition coefficient (Wildman–Crippen LogP) is 9.73. The molecule has 0 fully saturated rings. The molecule has 9 aromatic rings. The van der Waals surface area contributed by atoms with Gasteiger partial charge in [0.25, 0.3) is 0 Å². The number of aromatic nitrogens is 4. The van der Waals surface area contributed by atoms with Gasteiger partial charge in [-0.3, -0.25) is 19.9 Å². The van der Waals surface area contributed by atoms with E-state index in [1.54, 1.807) is 12.4 Å². The molecule has 6 aromatic heterocycles. The van der Waals surface area contributed by atoms with Crippen LogP contribution in [0, 0.1) is 0 Å². The van der Waals surface area contributed by atoms with E-state index in [4.69, 9.17) is 13.8 Å². The highest BCUT2D eigenvalue weighted by molar-refractivity contribution is 6.10. The van der Waals surface area contributed by atoms with Gasteiger partial charge >= 0.3 is 0 Å². The lowest BCUT2D eigenvalue weighted by molar-refractivity contribution is 0.669. The van der Waals surface area contributed by atoms with E-state index in [0.717, 1.165) is 88.8 Å². The number of fused-ring (bicyclic) bond motifs is 6. The third-order valence-electron chi connectivity index (χ3n) is 8.14. The first-order valence-corrected chi connectivity index (χ1v) is 14.4. The molecule has 9 rings (SSSR count). The molecule has 0 aliphatic heterocycles. The van der Waals surface area contributed by atoms with E-state index in [-0.39, 0.29) is 0 Å². The quantitative estimate of drug-likeness (QED) is 0.211. The lowest BCUT2D eigenvalue weighted by atomic mass is 9.94. The first-order chi connectivity index (χ1) is 21.8. The summed E-state index contributed by atoms with van der Waals surface area (Å²) in [5.74, 6) is 0. The zero-order valence-corrected chi connectivity index (χ0v) is 23.3. The van der Waals surface area contributed by atoms with E-state index in [1.165, 1.54) is 0 Å². The maximum absolute atomic E-state index is 6.51. The fourth-order valence-corrected chi connectivity index (χ4v) is 6.06. The number of hydrogen-bond donors (Lipinski definition) is 0. The van der Waals surface area contributed by atoms with E-state index in [9.17, 15) is 0 Å². The number of hydrogen-bond acceptors (Lipinski definition) is 6. The monoisotopic (exact) mass is 566 g/mol. The molecule has 0 unspecified atom stereocenters. The third kappa shape index (κ3) is 3.89. The topological polar surface area (TPSA) is 77.8 Å². The Morgan fingerprint density at radius 2 is 1.07 bits per heavy atom. The van der Waals surface area contributed by atoms with Crippen LogP contribution in [0.5, 0.6) is 0 Å². The summed E-state index contributed by atoms with van der Waals surface area (Å²) in [6, 6.07) is 34.7. The van der Waals surface area contributed by atoms with Gasteiger partial charge in [0.1, 0.15) is 22.2 Å². The fourth-order valence-electron chi connectivity index (χ4n) is 6.06. The van der Waals surface area contributed by atoms with Gasteiger partial charge in [0, 0.05) is 58.4 Å². The van der Waals surface area contributed by atoms with Crippen molar-refractivity contribution in [1.82, 2.24) is 19.9 Å². The van der Waals surface area contributed by atoms with Gasteiger partial charge in [-0.1, -0.05) is 24.3 Å². The molecular formula is C38H22N4O2. The molecule has 6 nitrogen and oxygen atoms in total. The van der Waals surface area contributed by atoms with Gasteiger partial charge in [-0.15, -0.1) is 0 Å². The van der Waals surface area contributed by atoms with E-state index < -0.39 is 0 Å². The van der Waals surface area contributed by atoms with Gasteiger partial charge in [0.05, 0.1) is 5.69 Å². The Labute approximate surface area is 251 Å². The van der Waals surface area contributed by atoms with E-state index in [1.807, 2.05) is 91.4 Å². The summed E-state index contributed by atoms with van der Waals surface area (Å²) in [5.41, 5.74) is 12.7. The molecule has 0 spiro atoms. The maximum atomic E-state index is 6.51. The largest absolute Gasteiger partial charge is 0.454 e. The number of pyridine rings is 4.